The molecule has 2 aromatic carbocycles. The average molecular weight is 421 g/mol. The average Bonchev–Trinajstić information content (AvgIpc) is 3.17. The number of benzene rings is 2. The molecule has 158 valence electrons. The van der Waals surface area contributed by atoms with Crippen LogP contribution >= 0.6 is 0 Å². The molecule has 0 aliphatic carbocycles. The Kier molecular flexibility index (Phi) is 6.89. The SMILES string of the molecule is COc1ccc(NC(=O)CCCc2nc(-c3ccc(F)cc3)no2)cc1OC(F)F. The Hall–Kier alpha value is -3.56. The number of aromatic nitrogens is 2. The number of carbonyl (C=O) groups is 1. The van der Waals surface area contributed by atoms with Crippen LogP contribution in [0.2, 0.25) is 0 Å². The molecular weight excluding hydrogens is 403 g/mol. The molecule has 0 aliphatic heterocycles. The zero-order valence-electron chi connectivity index (χ0n) is 15.9. The van der Waals surface area contributed by atoms with Crippen LogP contribution in [0.4, 0.5) is 18.9 Å². The van der Waals surface area contributed by atoms with Crippen LogP contribution in [0, 0.1) is 5.82 Å². The molecule has 3 aromatic rings. The molecule has 0 spiro atoms. The normalized spacial score (nSPS) is 10.8. The Morgan fingerprint density at radius 2 is 1.93 bits per heavy atom. The van der Waals surface area contributed by atoms with Crippen LogP contribution in [-0.2, 0) is 11.2 Å². The van der Waals surface area contributed by atoms with Gasteiger partial charge in [-0.3, -0.25) is 4.79 Å². The van der Waals surface area contributed by atoms with Crippen molar-refractivity contribution in [2.45, 2.75) is 25.9 Å². The smallest absolute Gasteiger partial charge is 0.387 e. The van der Waals surface area contributed by atoms with Crippen molar-refractivity contribution in [2.75, 3.05) is 12.4 Å². The van der Waals surface area contributed by atoms with Gasteiger partial charge in [-0.15, -0.1) is 0 Å². The van der Waals surface area contributed by atoms with Crippen LogP contribution in [0.5, 0.6) is 11.5 Å². The molecule has 0 saturated heterocycles. The van der Waals surface area contributed by atoms with Crippen molar-refractivity contribution in [3.63, 3.8) is 0 Å². The van der Waals surface area contributed by atoms with E-state index in [-0.39, 0.29) is 29.6 Å². The van der Waals surface area contributed by atoms with Gasteiger partial charge in [-0.05, 0) is 42.8 Å². The number of nitrogens with one attached hydrogen (secondary N) is 1. The lowest BCUT2D eigenvalue weighted by molar-refractivity contribution is -0.116. The number of methoxy groups -OCH3 is 1. The highest BCUT2D eigenvalue weighted by Crippen LogP contribution is 2.31. The third-order valence-electron chi connectivity index (χ3n) is 4.03. The summed E-state index contributed by atoms with van der Waals surface area (Å²) in [5, 5.41) is 6.44. The molecule has 0 fully saturated rings. The Balaban J connectivity index is 1.51. The molecule has 0 aliphatic rings. The summed E-state index contributed by atoms with van der Waals surface area (Å²) in [5.41, 5.74) is 0.915. The van der Waals surface area contributed by atoms with Gasteiger partial charge < -0.3 is 19.3 Å². The Bertz CT molecular complexity index is 993. The molecule has 30 heavy (non-hydrogen) atoms. The lowest BCUT2D eigenvalue weighted by atomic mass is 10.2. The number of rotatable bonds is 9. The van der Waals surface area contributed by atoms with Gasteiger partial charge in [0.15, 0.2) is 11.5 Å². The Morgan fingerprint density at radius 1 is 1.17 bits per heavy atom. The maximum atomic E-state index is 13.0. The van der Waals surface area contributed by atoms with E-state index >= 15 is 0 Å². The number of amides is 1. The van der Waals surface area contributed by atoms with Gasteiger partial charge in [0.05, 0.1) is 7.11 Å². The molecule has 1 N–H and O–H groups in total. The summed E-state index contributed by atoms with van der Waals surface area (Å²) in [6.45, 7) is -3.01. The fraction of sp³-hybridized carbons (Fsp3) is 0.250. The second-order valence-electron chi connectivity index (χ2n) is 6.16. The van der Waals surface area contributed by atoms with E-state index in [0.29, 0.717) is 35.8 Å². The first-order valence-corrected chi connectivity index (χ1v) is 8.96. The molecule has 1 heterocycles. The van der Waals surface area contributed by atoms with Gasteiger partial charge in [0, 0.05) is 30.2 Å². The van der Waals surface area contributed by atoms with Crippen LogP contribution < -0.4 is 14.8 Å². The van der Waals surface area contributed by atoms with Crippen molar-refractivity contribution < 1.29 is 32.0 Å². The highest BCUT2D eigenvalue weighted by atomic mass is 19.3. The zero-order chi connectivity index (χ0) is 21.5. The summed E-state index contributed by atoms with van der Waals surface area (Å²) >= 11 is 0. The summed E-state index contributed by atoms with van der Waals surface area (Å²) in [6.07, 6.45) is 0.933. The standard InChI is InChI=1S/C20H18F3N3O4/c1-28-15-10-9-14(11-16(15)29-20(22)23)24-17(27)3-2-4-18-25-19(26-30-18)12-5-7-13(21)8-6-12/h5-11,20H,2-4H2,1H3,(H,24,27). The van der Waals surface area contributed by atoms with Crippen LogP contribution in [0.15, 0.2) is 47.0 Å². The van der Waals surface area contributed by atoms with Crippen molar-refractivity contribution in [2.24, 2.45) is 0 Å². The van der Waals surface area contributed by atoms with Crippen LogP contribution in [-0.4, -0.2) is 29.8 Å². The van der Waals surface area contributed by atoms with E-state index < -0.39 is 6.61 Å². The minimum absolute atomic E-state index is 0.127. The summed E-state index contributed by atoms with van der Waals surface area (Å²) in [5.74, 6) is -0.0516. The molecule has 0 saturated carbocycles. The molecule has 7 nitrogen and oxygen atoms in total. The van der Waals surface area contributed by atoms with E-state index in [9.17, 15) is 18.0 Å². The molecule has 0 bridgehead atoms. The fourth-order valence-corrected chi connectivity index (χ4v) is 2.64. The molecular formula is C20H18F3N3O4. The Labute approximate surface area is 169 Å². The first-order chi connectivity index (χ1) is 14.4. The highest BCUT2D eigenvalue weighted by Gasteiger charge is 2.13. The van der Waals surface area contributed by atoms with Crippen molar-refractivity contribution >= 4 is 11.6 Å². The summed E-state index contributed by atoms with van der Waals surface area (Å²) in [7, 11) is 1.32. The fourth-order valence-electron chi connectivity index (χ4n) is 2.64. The van der Waals surface area contributed by atoms with Crippen LogP contribution in [0.3, 0.4) is 0 Å². The van der Waals surface area contributed by atoms with Gasteiger partial charge >= 0.3 is 6.61 Å². The molecule has 0 radical (unpaired) electrons. The predicted molar refractivity (Wildman–Crippen MR) is 101 cm³/mol. The number of anilines is 1. The van der Waals surface area contributed by atoms with Gasteiger partial charge in [-0.2, -0.15) is 13.8 Å². The van der Waals surface area contributed by atoms with E-state index in [1.165, 1.54) is 49.6 Å². The topological polar surface area (TPSA) is 86.5 Å². The summed E-state index contributed by atoms with van der Waals surface area (Å²) in [4.78, 5) is 16.3. The van der Waals surface area contributed by atoms with E-state index in [4.69, 9.17) is 9.26 Å². The monoisotopic (exact) mass is 421 g/mol. The lowest BCUT2D eigenvalue weighted by Crippen LogP contribution is -2.12. The second-order valence-corrected chi connectivity index (χ2v) is 6.16. The first kappa shape index (κ1) is 21.2. The summed E-state index contributed by atoms with van der Waals surface area (Å²) in [6, 6.07) is 9.87. The number of halogens is 3. The van der Waals surface area contributed by atoms with Gasteiger partial charge in [-0.25, -0.2) is 4.39 Å². The number of aryl methyl sites for hydroxylation is 1. The van der Waals surface area contributed by atoms with Crippen LogP contribution in [0.25, 0.3) is 11.4 Å². The number of ether oxygens (including phenoxy) is 2. The second kappa shape index (κ2) is 9.77. The third kappa shape index (κ3) is 5.72. The minimum atomic E-state index is -3.01. The minimum Gasteiger partial charge on any atom is -0.493 e. The van der Waals surface area contributed by atoms with Crippen molar-refractivity contribution in [1.29, 1.82) is 0 Å². The third-order valence-corrected chi connectivity index (χ3v) is 4.03. The molecule has 3 rings (SSSR count). The van der Waals surface area contributed by atoms with Gasteiger partial charge in [0.2, 0.25) is 17.6 Å². The maximum absolute atomic E-state index is 13.0. The molecule has 1 amide bonds. The lowest BCUT2D eigenvalue weighted by Gasteiger charge is -2.12. The number of nitrogens with zero attached hydrogens (tertiary/aromatic N) is 2. The summed E-state index contributed by atoms with van der Waals surface area (Å²) < 4.78 is 52.4. The molecule has 10 heteroatoms. The number of alkyl halides is 2. The highest BCUT2D eigenvalue weighted by molar-refractivity contribution is 5.91. The number of hydrogen-bond donors (Lipinski definition) is 1. The predicted octanol–water partition coefficient (Wildman–Crippen LogP) is 4.45. The quantitative estimate of drug-likeness (QED) is 0.550. The van der Waals surface area contributed by atoms with E-state index in [2.05, 4.69) is 20.2 Å². The van der Waals surface area contributed by atoms with Crippen molar-refractivity contribution in [3.05, 3.63) is 54.2 Å². The molecule has 0 unspecified atom stereocenters. The number of carbonyl (C=O) groups excluding carboxylic acids is 1. The Morgan fingerprint density at radius 3 is 2.63 bits per heavy atom. The molecule has 1 aromatic heterocycles. The van der Waals surface area contributed by atoms with Crippen molar-refractivity contribution in [1.82, 2.24) is 10.1 Å². The van der Waals surface area contributed by atoms with Gasteiger partial charge in [0.25, 0.3) is 0 Å². The zero-order valence-corrected chi connectivity index (χ0v) is 15.9. The van der Waals surface area contributed by atoms with E-state index in [1.807, 2.05) is 0 Å². The molecule has 0 atom stereocenters. The van der Waals surface area contributed by atoms with Crippen LogP contribution in [0.1, 0.15) is 18.7 Å². The van der Waals surface area contributed by atoms with E-state index in [0.717, 1.165) is 0 Å². The van der Waals surface area contributed by atoms with Gasteiger partial charge in [0.1, 0.15) is 5.82 Å². The van der Waals surface area contributed by atoms with Crippen molar-refractivity contribution in [3.8, 4) is 22.9 Å². The first-order valence-electron chi connectivity index (χ1n) is 8.96. The van der Waals surface area contributed by atoms with E-state index in [1.54, 1.807) is 0 Å². The maximum Gasteiger partial charge on any atom is 0.387 e. The largest absolute Gasteiger partial charge is 0.493 e. The van der Waals surface area contributed by atoms with Gasteiger partial charge in [-0.1, -0.05) is 5.16 Å². The number of hydrogen-bond acceptors (Lipinski definition) is 6.